The summed E-state index contributed by atoms with van der Waals surface area (Å²) in [5, 5.41) is 15.3. The molecule has 0 amide bonds. The molecule has 2 aromatic rings. The molecule has 1 aliphatic rings. The van der Waals surface area contributed by atoms with Gasteiger partial charge < -0.3 is 10.4 Å². The van der Waals surface area contributed by atoms with Gasteiger partial charge in [-0.25, -0.2) is 0 Å². The van der Waals surface area contributed by atoms with Gasteiger partial charge in [-0.15, -0.1) is 0 Å². The van der Waals surface area contributed by atoms with Gasteiger partial charge >= 0.3 is 0 Å². The molecule has 0 bridgehead atoms. The van der Waals surface area contributed by atoms with Crippen molar-refractivity contribution in [2.24, 2.45) is 0 Å². The Morgan fingerprint density at radius 1 is 1.06 bits per heavy atom. The van der Waals surface area contributed by atoms with Crippen molar-refractivity contribution in [3.8, 4) is 0 Å². The molecule has 3 rings (SSSR count). The number of aliphatic hydroxyl groups is 1. The molecule has 2 heteroatoms. The van der Waals surface area contributed by atoms with Crippen molar-refractivity contribution in [2.75, 3.05) is 6.61 Å². The van der Waals surface area contributed by atoms with E-state index in [9.17, 15) is 5.11 Å². The van der Waals surface area contributed by atoms with Crippen molar-refractivity contribution in [3.63, 3.8) is 0 Å². The van der Waals surface area contributed by atoms with E-state index in [2.05, 4.69) is 47.8 Å². The van der Waals surface area contributed by atoms with Crippen molar-refractivity contribution < 1.29 is 5.11 Å². The number of benzene rings is 2. The zero-order valence-corrected chi connectivity index (χ0v) is 9.82. The fourth-order valence-electron chi connectivity index (χ4n) is 2.27. The molecule has 0 atom stereocenters. The van der Waals surface area contributed by atoms with Crippen LogP contribution >= 0.6 is 0 Å². The summed E-state index contributed by atoms with van der Waals surface area (Å²) >= 11 is 0. The molecule has 0 heterocycles. The van der Waals surface area contributed by atoms with Gasteiger partial charge in [-0.05, 0) is 29.2 Å². The minimum Gasteiger partial charge on any atom is -0.394 e. The number of hydrogen-bond donors (Lipinski definition) is 2. The number of rotatable bonds is 4. The van der Waals surface area contributed by atoms with Crippen LogP contribution in [-0.2, 0) is 6.54 Å². The van der Waals surface area contributed by atoms with Crippen molar-refractivity contribution in [3.05, 3.63) is 48.0 Å². The van der Waals surface area contributed by atoms with Gasteiger partial charge in [0.05, 0.1) is 6.61 Å². The molecule has 0 unspecified atom stereocenters. The third-order valence-corrected chi connectivity index (χ3v) is 3.69. The van der Waals surface area contributed by atoms with E-state index in [1.54, 1.807) is 0 Å². The standard InChI is InChI=1S/C15H17NO/c17-11-15(8-9-15)16-10-13-6-3-5-12-4-1-2-7-14(12)13/h1-7,16-17H,8-11H2. The molecule has 2 nitrogen and oxygen atoms in total. The maximum atomic E-state index is 9.29. The molecule has 0 aliphatic heterocycles. The molecular weight excluding hydrogens is 210 g/mol. The van der Waals surface area contributed by atoms with Gasteiger partial charge in [-0.3, -0.25) is 0 Å². The SMILES string of the molecule is OCC1(NCc2cccc3ccccc23)CC1. The van der Waals surface area contributed by atoms with Crippen molar-refractivity contribution in [1.29, 1.82) is 0 Å². The van der Waals surface area contributed by atoms with Gasteiger partial charge in [0.1, 0.15) is 0 Å². The maximum Gasteiger partial charge on any atom is 0.0613 e. The molecule has 1 fully saturated rings. The first-order chi connectivity index (χ1) is 8.33. The molecule has 2 aromatic carbocycles. The van der Waals surface area contributed by atoms with Gasteiger partial charge in [0.2, 0.25) is 0 Å². The Hall–Kier alpha value is -1.38. The Labute approximate surface area is 101 Å². The van der Waals surface area contributed by atoms with Crippen LogP contribution in [0.15, 0.2) is 42.5 Å². The summed E-state index contributed by atoms with van der Waals surface area (Å²) in [7, 11) is 0. The van der Waals surface area contributed by atoms with E-state index in [0.29, 0.717) is 0 Å². The Balaban J connectivity index is 1.85. The molecule has 0 aromatic heterocycles. The fraction of sp³-hybridized carbons (Fsp3) is 0.333. The highest BCUT2D eigenvalue weighted by Crippen LogP contribution is 2.35. The average molecular weight is 227 g/mol. The normalized spacial score (nSPS) is 17.2. The first kappa shape index (κ1) is 10.8. The fourth-order valence-corrected chi connectivity index (χ4v) is 2.27. The van der Waals surface area contributed by atoms with Crippen LogP contribution in [-0.4, -0.2) is 17.3 Å². The van der Waals surface area contributed by atoms with Gasteiger partial charge in [-0.1, -0.05) is 42.5 Å². The van der Waals surface area contributed by atoms with Crippen LogP contribution in [0.4, 0.5) is 0 Å². The molecule has 17 heavy (non-hydrogen) atoms. The lowest BCUT2D eigenvalue weighted by atomic mass is 10.0. The second-order valence-electron chi connectivity index (χ2n) is 4.93. The highest BCUT2D eigenvalue weighted by molar-refractivity contribution is 5.85. The van der Waals surface area contributed by atoms with Crippen LogP contribution in [0.25, 0.3) is 10.8 Å². The van der Waals surface area contributed by atoms with Crippen LogP contribution in [0.2, 0.25) is 0 Å². The van der Waals surface area contributed by atoms with E-state index in [1.165, 1.54) is 16.3 Å². The molecule has 0 spiro atoms. The third-order valence-electron chi connectivity index (χ3n) is 3.69. The molecular formula is C15H17NO. The van der Waals surface area contributed by atoms with Crippen molar-refractivity contribution >= 4 is 10.8 Å². The molecule has 1 aliphatic carbocycles. The van der Waals surface area contributed by atoms with E-state index >= 15 is 0 Å². The average Bonchev–Trinajstić information content (AvgIpc) is 3.17. The van der Waals surface area contributed by atoms with Crippen LogP contribution in [0.3, 0.4) is 0 Å². The largest absolute Gasteiger partial charge is 0.394 e. The maximum absolute atomic E-state index is 9.29. The van der Waals surface area contributed by atoms with E-state index < -0.39 is 0 Å². The highest BCUT2D eigenvalue weighted by atomic mass is 16.3. The van der Waals surface area contributed by atoms with Crippen LogP contribution in [0.1, 0.15) is 18.4 Å². The first-order valence-electron chi connectivity index (χ1n) is 6.16. The van der Waals surface area contributed by atoms with Crippen molar-refractivity contribution in [2.45, 2.75) is 24.9 Å². The lowest BCUT2D eigenvalue weighted by Crippen LogP contribution is -2.34. The van der Waals surface area contributed by atoms with E-state index in [-0.39, 0.29) is 12.1 Å². The molecule has 2 N–H and O–H groups in total. The minimum absolute atomic E-state index is 0.0109. The van der Waals surface area contributed by atoms with Gasteiger partial charge in [-0.2, -0.15) is 0 Å². The second kappa shape index (κ2) is 4.13. The zero-order valence-electron chi connectivity index (χ0n) is 9.82. The summed E-state index contributed by atoms with van der Waals surface area (Å²) in [5.74, 6) is 0. The molecule has 0 saturated heterocycles. The van der Waals surface area contributed by atoms with Crippen LogP contribution < -0.4 is 5.32 Å². The number of nitrogens with one attached hydrogen (secondary N) is 1. The lowest BCUT2D eigenvalue weighted by Gasteiger charge is -2.15. The Morgan fingerprint density at radius 3 is 2.59 bits per heavy atom. The smallest absolute Gasteiger partial charge is 0.0613 e. The first-order valence-corrected chi connectivity index (χ1v) is 6.16. The van der Waals surface area contributed by atoms with Gasteiger partial charge in [0.15, 0.2) is 0 Å². The van der Waals surface area contributed by atoms with Gasteiger partial charge in [0.25, 0.3) is 0 Å². The van der Waals surface area contributed by atoms with Crippen molar-refractivity contribution in [1.82, 2.24) is 5.32 Å². The quantitative estimate of drug-likeness (QED) is 0.841. The molecule has 88 valence electrons. The number of aliphatic hydroxyl groups excluding tert-OH is 1. The zero-order chi connectivity index (χ0) is 11.7. The Bertz CT molecular complexity index is 526. The third kappa shape index (κ3) is 2.06. The topological polar surface area (TPSA) is 32.3 Å². The summed E-state index contributed by atoms with van der Waals surface area (Å²) in [4.78, 5) is 0. The Morgan fingerprint density at radius 2 is 1.82 bits per heavy atom. The summed E-state index contributed by atoms with van der Waals surface area (Å²) < 4.78 is 0. The van der Waals surface area contributed by atoms with Gasteiger partial charge in [0, 0.05) is 12.1 Å². The lowest BCUT2D eigenvalue weighted by molar-refractivity contribution is 0.230. The predicted molar refractivity (Wildman–Crippen MR) is 69.8 cm³/mol. The summed E-state index contributed by atoms with van der Waals surface area (Å²) in [6.45, 7) is 1.08. The monoisotopic (exact) mass is 227 g/mol. The molecule has 0 radical (unpaired) electrons. The summed E-state index contributed by atoms with van der Waals surface area (Å²) in [6, 6.07) is 14.8. The summed E-state index contributed by atoms with van der Waals surface area (Å²) in [5.41, 5.74) is 1.32. The predicted octanol–water partition coefficient (Wildman–Crippen LogP) is 2.45. The van der Waals surface area contributed by atoms with Crippen LogP contribution in [0.5, 0.6) is 0 Å². The Kier molecular flexibility index (Phi) is 2.61. The number of fused-ring (bicyclic) bond motifs is 1. The van der Waals surface area contributed by atoms with E-state index in [1.807, 2.05) is 0 Å². The second-order valence-corrected chi connectivity index (χ2v) is 4.93. The molecule has 1 saturated carbocycles. The van der Waals surface area contributed by atoms with E-state index in [0.717, 1.165) is 19.4 Å². The number of hydrogen-bond acceptors (Lipinski definition) is 2. The van der Waals surface area contributed by atoms with Crippen LogP contribution in [0, 0.1) is 0 Å². The summed E-state index contributed by atoms with van der Waals surface area (Å²) in [6.07, 6.45) is 2.18. The highest BCUT2D eigenvalue weighted by Gasteiger charge is 2.41. The van der Waals surface area contributed by atoms with E-state index in [4.69, 9.17) is 0 Å². The minimum atomic E-state index is 0.0109.